The van der Waals surface area contributed by atoms with Gasteiger partial charge in [0.25, 0.3) is 0 Å². The minimum absolute atomic E-state index is 0.520. The highest BCUT2D eigenvalue weighted by molar-refractivity contribution is 5.26. The van der Waals surface area contributed by atoms with Crippen LogP contribution in [0.3, 0.4) is 0 Å². The number of ether oxygens (including phenoxy) is 1. The summed E-state index contributed by atoms with van der Waals surface area (Å²) in [5.74, 6) is 2.33. The van der Waals surface area contributed by atoms with Gasteiger partial charge < -0.3 is 9.84 Å². The molecule has 22 heavy (non-hydrogen) atoms. The molecule has 2 atom stereocenters. The second-order valence-electron chi connectivity index (χ2n) is 7.47. The summed E-state index contributed by atoms with van der Waals surface area (Å²) in [6.45, 7) is 3.10. The zero-order valence-corrected chi connectivity index (χ0v) is 13.8. The van der Waals surface area contributed by atoms with Crippen LogP contribution in [0.15, 0.2) is 24.3 Å². The van der Waals surface area contributed by atoms with Crippen molar-refractivity contribution in [3.63, 3.8) is 0 Å². The van der Waals surface area contributed by atoms with Crippen molar-refractivity contribution >= 4 is 0 Å². The Balaban J connectivity index is 1.47. The molecule has 1 saturated carbocycles. The number of hydrogen-bond acceptors (Lipinski definition) is 2. The van der Waals surface area contributed by atoms with E-state index in [9.17, 15) is 5.11 Å². The van der Waals surface area contributed by atoms with Gasteiger partial charge in [-0.3, -0.25) is 0 Å². The molecule has 1 aliphatic heterocycles. The van der Waals surface area contributed by atoms with Gasteiger partial charge in [-0.25, -0.2) is 0 Å². The molecule has 0 amide bonds. The zero-order chi connectivity index (χ0) is 15.4. The van der Waals surface area contributed by atoms with Crippen LogP contribution in [-0.2, 0) is 11.2 Å². The van der Waals surface area contributed by atoms with Gasteiger partial charge in [0.05, 0.1) is 6.61 Å². The maximum atomic E-state index is 9.36. The summed E-state index contributed by atoms with van der Waals surface area (Å²) in [6.07, 6.45) is 9.18. The first-order valence-corrected chi connectivity index (χ1v) is 9.09. The Labute approximate surface area is 134 Å². The summed E-state index contributed by atoms with van der Waals surface area (Å²) >= 11 is 0. The van der Waals surface area contributed by atoms with Crippen molar-refractivity contribution in [3.8, 4) is 0 Å². The lowest BCUT2D eigenvalue weighted by Crippen LogP contribution is -2.25. The highest BCUT2D eigenvalue weighted by atomic mass is 16.6. The molecule has 1 saturated heterocycles. The average Bonchev–Trinajstić information content (AvgIpc) is 2.56. The van der Waals surface area contributed by atoms with Gasteiger partial charge in [0.15, 0.2) is 6.29 Å². The Morgan fingerprint density at radius 1 is 1.00 bits per heavy atom. The lowest BCUT2D eigenvalue weighted by atomic mass is 9.79. The molecule has 2 aliphatic rings. The normalized spacial score (nSPS) is 32.8. The van der Waals surface area contributed by atoms with Gasteiger partial charge >= 0.3 is 0 Å². The van der Waals surface area contributed by atoms with E-state index < -0.39 is 6.29 Å². The molecule has 1 aromatic rings. The van der Waals surface area contributed by atoms with Gasteiger partial charge in [-0.05, 0) is 67.4 Å². The molecule has 2 nitrogen and oxygen atoms in total. The number of aliphatic hydroxyl groups excluding tert-OH is 1. The monoisotopic (exact) mass is 302 g/mol. The van der Waals surface area contributed by atoms with E-state index in [1.54, 1.807) is 5.56 Å². The van der Waals surface area contributed by atoms with E-state index >= 15 is 0 Å². The molecule has 1 aliphatic carbocycles. The molecular formula is C20H30O2. The van der Waals surface area contributed by atoms with E-state index in [-0.39, 0.29) is 0 Å². The topological polar surface area (TPSA) is 29.5 Å². The maximum absolute atomic E-state index is 9.36. The van der Waals surface area contributed by atoms with Gasteiger partial charge in [0, 0.05) is 0 Å². The van der Waals surface area contributed by atoms with Crippen LogP contribution in [0.1, 0.15) is 68.9 Å². The molecule has 1 aromatic carbocycles. The fourth-order valence-corrected chi connectivity index (χ4v) is 3.94. The molecule has 0 radical (unpaired) electrons. The number of aliphatic hydroxyl groups is 1. The fourth-order valence-electron chi connectivity index (χ4n) is 3.94. The number of benzene rings is 1. The smallest absolute Gasteiger partial charge is 0.154 e. The number of rotatable bonds is 4. The van der Waals surface area contributed by atoms with Gasteiger partial charge in [-0.1, -0.05) is 44.0 Å². The first-order chi connectivity index (χ1) is 10.7. The third kappa shape index (κ3) is 4.33. The Kier molecular flexibility index (Phi) is 5.54. The van der Waals surface area contributed by atoms with Gasteiger partial charge in [0.1, 0.15) is 0 Å². The molecule has 0 spiro atoms. The quantitative estimate of drug-likeness (QED) is 0.876. The predicted molar refractivity (Wildman–Crippen MR) is 89.8 cm³/mol. The fraction of sp³-hybridized carbons (Fsp3) is 0.700. The Morgan fingerprint density at radius 2 is 1.73 bits per heavy atom. The predicted octanol–water partition coefficient (Wildman–Crippen LogP) is 4.66. The second-order valence-corrected chi connectivity index (χ2v) is 7.47. The van der Waals surface area contributed by atoms with Gasteiger partial charge in [-0.15, -0.1) is 0 Å². The Bertz CT molecular complexity index is 437. The first-order valence-electron chi connectivity index (χ1n) is 9.09. The summed E-state index contributed by atoms with van der Waals surface area (Å²) in [5, 5.41) is 9.36. The number of hydrogen-bond donors (Lipinski definition) is 1. The zero-order valence-electron chi connectivity index (χ0n) is 13.8. The van der Waals surface area contributed by atoms with Crippen molar-refractivity contribution in [2.24, 2.45) is 11.8 Å². The van der Waals surface area contributed by atoms with E-state index in [0.29, 0.717) is 5.92 Å². The Morgan fingerprint density at radius 3 is 2.36 bits per heavy atom. The number of aryl methyl sites for hydroxylation is 1. The molecule has 2 unspecified atom stereocenters. The van der Waals surface area contributed by atoms with E-state index in [4.69, 9.17) is 4.74 Å². The van der Waals surface area contributed by atoms with Crippen molar-refractivity contribution in [1.82, 2.24) is 0 Å². The van der Waals surface area contributed by atoms with E-state index in [1.165, 1.54) is 37.7 Å². The average molecular weight is 302 g/mol. The summed E-state index contributed by atoms with van der Waals surface area (Å²) in [7, 11) is 0. The third-order valence-corrected chi connectivity index (χ3v) is 5.65. The molecule has 122 valence electrons. The molecule has 2 heteroatoms. The summed E-state index contributed by atoms with van der Waals surface area (Å²) in [5.41, 5.74) is 2.99. The minimum atomic E-state index is -0.520. The molecule has 0 aromatic heterocycles. The molecule has 0 bridgehead atoms. The summed E-state index contributed by atoms with van der Waals surface area (Å²) in [4.78, 5) is 0. The van der Waals surface area contributed by atoms with Crippen LogP contribution in [0.25, 0.3) is 0 Å². The van der Waals surface area contributed by atoms with Crippen molar-refractivity contribution in [3.05, 3.63) is 35.4 Å². The summed E-state index contributed by atoms with van der Waals surface area (Å²) in [6, 6.07) is 9.37. The van der Waals surface area contributed by atoms with Crippen LogP contribution in [0.2, 0.25) is 0 Å². The van der Waals surface area contributed by atoms with E-state index in [0.717, 1.165) is 37.7 Å². The van der Waals surface area contributed by atoms with Gasteiger partial charge in [-0.2, -0.15) is 0 Å². The highest BCUT2D eigenvalue weighted by Gasteiger charge is 2.21. The highest BCUT2D eigenvalue weighted by Crippen LogP contribution is 2.35. The molecule has 1 heterocycles. The van der Waals surface area contributed by atoms with Gasteiger partial charge in [0.2, 0.25) is 0 Å². The van der Waals surface area contributed by atoms with Crippen LogP contribution in [0.5, 0.6) is 0 Å². The van der Waals surface area contributed by atoms with Crippen LogP contribution >= 0.6 is 0 Å². The molecule has 3 rings (SSSR count). The first kappa shape index (κ1) is 16.0. The standard InChI is InChI=1S/C20H30O2/c1-15-2-9-18(10-3-15)19-11-6-16(7-12-19)4-5-17-8-13-20(21)22-14-17/h6-7,11-12,15,17-18,20-21H,2-5,8-10,13-14H2,1H3. The Hall–Kier alpha value is -0.860. The summed E-state index contributed by atoms with van der Waals surface area (Å²) < 4.78 is 5.34. The van der Waals surface area contributed by atoms with Crippen LogP contribution in [0.4, 0.5) is 0 Å². The van der Waals surface area contributed by atoms with Crippen molar-refractivity contribution in [2.75, 3.05) is 6.61 Å². The third-order valence-electron chi connectivity index (χ3n) is 5.65. The van der Waals surface area contributed by atoms with Crippen LogP contribution in [0, 0.1) is 11.8 Å². The van der Waals surface area contributed by atoms with E-state index in [1.807, 2.05) is 0 Å². The second kappa shape index (κ2) is 7.61. The van der Waals surface area contributed by atoms with Crippen LogP contribution in [-0.4, -0.2) is 18.0 Å². The molecule has 2 fully saturated rings. The van der Waals surface area contributed by atoms with Crippen molar-refractivity contribution < 1.29 is 9.84 Å². The maximum Gasteiger partial charge on any atom is 0.154 e. The molecular weight excluding hydrogens is 272 g/mol. The van der Waals surface area contributed by atoms with E-state index in [2.05, 4.69) is 31.2 Å². The lowest BCUT2D eigenvalue weighted by Gasteiger charge is -2.27. The SMILES string of the molecule is CC1CCC(c2ccc(CCC3CCC(O)OC3)cc2)CC1. The molecule has 1 N–H and O–H groups in total. The minimum Gasteiger partial charge on any atom is -0.368 e. The largest absolute Gasteiger partial charge is 0.368 e. The van der Waals surface area contributed by atoms with Crippen LogP contribution < -0.4 is 0 Å². The lowest BCUT2D eigenvalue weighted by molar-refractivity contribution is -0.140. The van der Waals surface area contributed by atoms with Crippen molar-refractivity contribution in [2.45, 2.75) is 70.5 Å². The van der Waals surface area contributed by atoms with Crippen molar-refractivity contribution in [1.29, 1.82) is 0 Å².